The Bertz CT molecular complexity index is 1360. The number of thioether (sulfide) groups is 1. The van der Waals surface area contributed by atoms with E-state index in [4.69, 9.17) is 14.5 Å². The van der Waals surface area contributed by atoms with Gasteiger partial charge in [0.15, 0.2) is 5.16 Å². The van der Waals surface area contributed by atoms with Gasteiger partial charge in [-0.2, -0.15) is 0 Å². The maximum atomic E-state index is 12.3. The second-order valence-corrected chi connectivity index (χ2v) is 10.3. The van der Waals surface area contributed by atoms with Crippen LogP contribution in [0.3, 0.4) is 0 Å². The average Bonchev–Trinajstić information content (AvgIpc) is 3.32. The van der Waals surface area contributed by atoms with Gasteiger partial charge in [-0.05, 0) is 89.9 Å². The summed E-state index contributed by atoms with van der Waals surface area (Å²) in [5.41, 5.74) is 4.82. The molecule has 2 amide bonds. The van der Waals surface area contributed by atoms with Gasteiger partial charge in [-0.25, -0.2) is 9.78 Å². The highest BCUT2D eigenvalue weighted by Crippen LogP contribution is 2.37. The number of hydrogen-bond donors (Lipinski definition) is 2. The van der Waals surface area contributed by atoms with E-state index in [9.17, 15) is 4.79 Å². The SMILES string of the molecule is CCn1c(SCCCNC(=O)Nc2ccccc2Br)nc(-c2ccc(OC)cc2)c1-c1ccc(OC)cc1. The first-order valence-corrected chi connectivity index (χ1v) is 14.1. The van der Waals surface area contributed by atoms with E-state index in [2.05, 4.69) is 50.2 Å². The molecule has 1 aromatic heterocycles. The Morgan fingerprint density at radius 2 is 1.58 bits per heavy atom. The zero-order valence-corrected chi connectivity index (χ0v) is 24.1. The van der Waals surface area contributed by atoms with Crippen LogP contribution in [0, 0.1) is 0 Å². The number of nitrogens with zero attached hydrogens (tertiary/aromatic N) is 2. The number of para-hydroxylation sites is 1. The van der Waals surface area contributed by atoms with Crippen LogP contribution in [0.4, 0.5) is 10.5 Å². The van der Waals surface area contributed by atoms with Crippen molar-refractivity contribution in [2.45, 2.75) is 25.0 Å². The summed E-state index contributed by atoms with van der Waals surface area (Å²) in [6, 6.07) is 23.4. The molecule has 2 N–H and O–H groups in total. The fourth-order valence-corrected chi connectivity index (χ4v) is 5.38. The summed E-state index contributed by atoms with van der Waals surface area (Å²) in [6.07, 6.45) is 0.806. The van der Waals surface area contributed by atoms with Crippen LogP contribution < -0.4 is 20.1 Å². The Hall–Kier alpha value is -3.43. The van der Waals surface area contributed by atoms with E-state index in [-0.39, 0.29) is 6.03 Å². The number of imidazole rings is 1. The van der Waals surface area contributed by atoms with E-state index in [1.54, 1.807) is 26.0 Å². The van der Waals surface area contributed by atoms with Gasteiger partial charge in [0.05, 0.1) is 31.3 Å². The number of ether oxygens (including phenoxy) is 2. The predicted octanol–water partition coefficient (Wildman–Crippen LogP) is 7.32. The summed E-state index contributed by atoms with van der Waals surface area (Å²) in [5, 5.41) is 6.74. The molecule has 0 aliphatic rings. The molecule has 0 fully saturated rings. The molecule has 0 radical (unpaired) electrons. The van der Waals surface area contributed by atoms with Gasteiger partial charge in [-0.3, -0.25) is 0 Å². The second-order valence-electron chi connectivity index (χ2n) is 8.36. The molecule has 3 aromatic carbocycles. The lowest BCUT2D eigenvalue weighted by atomic mass is 10.0. The van der Waals surface area contributed by atoms with Crippen molar-refractivity contribution in [1.82, 2.24) is 14.9 Å². The number of benzene rings is 3. The zero-order valence-electron chi connectivity index (χ0n) is 21.7. The van der Waals surface area contributed by atoms with E-state index < -0.39 is 0 Å². The van der Waals surface area contributed by atoms with Gasteiger partial charge < -0.3 is 24.7 Å². The van der Waals surface area contributed by atoms with E-state index >= 15 is 0 Å². The van der Waals surface area contributed by atoms with Gasteiger partial charge in [0.2, 0.25) is 0 Å². The van der Waals surface area contributed by atoms with Crippen LogP contribution in [-0.2, 0) is 6.54 Å². The molecular weight excluding hydrogens is 564 g/mol. The number of halogens is 1. The smallest absolute Gasteiger partial charge is 0.319 e. The number of methoxy groups -OCH3 is 2. The molecule has 0 spiro atoms. The molecular formula is C29H31BrN4O3S. The molecule has 0 aliphatic heterocycles. The first-order valence-electron chi connectivity index (χ1n) is 12.4. The van der Waals surface area contributed by atoms with E-state index in [1.807, 2.05) is 60.7 Å². The lowest BCUT2D eigenvalue weighted by molar-refractivity contribution is 0.252. The molecule has 0 atom stereocenters. The highest BCUT2D eigenvalue weighted by Gasteiger charge is 2.20. The number of urea groups is 1. The minimum atomic E-state index is -0.222. The zero-order chi connectivity index (χ0) is 26.9. The number of anilines is 1. The van der Waals surface area contributed by atoms with Gasteiger partial charge in [0, 0.05) is 34.4 Å². The van der Waals surface area contributed by atoms with Crippen molar-refractivity contribution in [1.29, 1.82) is 0 Å². The molecule has 0 bridgehead atoms. The maximum Gasteiger partial charge on any atom is 0.319 e. The van der Waals surface area contributed by atoms with Gasteiger partial charge in [0.1, 0.15) is 11.5 Å². The highest BCUT2D eigenvalue weighted by atomic mass is 79.9. The van der Waals surface area contributed by atoms with Crippen LogP contribution in [0.2, 0.25) is 0 Å². The average molecular weight is 596 g/mol. The lowest BCUT2D eigenvalue weighted by Crippen LogP contribution is -2.29. The summed E-state index contributed by atoms with van der Waals surface area (Å²) in [6.45, 7) is 3.47. The molecule has 0 aliphatic carbocycles. The monoisotopic (exact) mass is 594 g/mol. The third kappa shape index (κ3) is 6.71. The Morgan fingerprint density at radius 1 is 0.947 bits per heavy atom. The van der Waals surface area contributed by atoms with Crippen molar-refractivity contribution in [3.63, 3.8) is 0 Å². The van der Waals surface area contributed by atoms with Crippen molar-refractivity contribution in [3.05, 3.63) is 77.3 Å². The van der Waals surface area contributed by atoms with Crippen molar-refractivity contribution < 1.29 is 14.3 Å². The van der Waals surface area contributed by atoms with E-state index in [0.717, 1.165) is 68.0 Å². The number of aromatic nitrogens is 2. The van der Waals surface area contributed by atoms with Crippen LogP contribution in [0.15, 0.2) is 82.4 Å². The Labute approximate surface area is 236 Å². The van der Waals surface area contributed by atoms with Crippen molar-refractivity contribution >= 4 is 39.4 Å². The fourth-order valence-electron chi connectivity index (χ4n) is 3.99. The highest BCUT2D eigenvalue weighted by molar-refractivity contribution is 9.10. The summed E-state index contributed by atoms with van der Waals surface area (Å²) in [4.78, 5) is 17.3. The number of amides is 2. The molecule has 198 valence electrons. The molecule has 4 aromatic rings. The van der Waals surface area contributed by atoms with Gasteiger partial charge >= 0.3 is 6.03 Å². The van der Waals surface area contributed by atoms with E-state index in [1.165, 1.54) is 0 Å². The minimum Gasteiger partial charge on any atom is -0.497 e. The predicted molar refractivity (Wildman–Crippen MR) is 158 cm³/mol. The summed E-state index contributed by atoms with van der Waals surface area (Å²) < 4.78 is 13.8. The molecule has 0 saturated heterocycles. The molecule has 0 saturated carbocycles. The molecule has 0 unspecified atom stereocenters. The second kappa shape index (κ2) is 13.4. The maximum absolute atomic E-state index is 12.3. The van der Waals surface area contributed by atoms with Crippen molar-refractivity contribution in [3.8, 4) is 34.0 Å². The van der Waals surface area contributed by atoms with Crippen LogP contribution in [-0.4, -0.2) is 42.1 Å². The normalized spacial score (nSPS) is 10.7. The Morgan fingerprint density at radius 3 is 2.18 bits per heavy atom. The van der Waals surface area contributed by atoms with Crippen molar-refractivity contribution in [2.75, 3.05) is 31.8 Å². The third-order valence-corrected chi connectivity index (χ3v) is 7.69. The largest absolute Gasteiger partial charge is 0.497 e. The van der Waals surface area contributed by atoms with Crippen LogP contribution in [0.25, 0.3) is 22.5 Å². The molecule has 38 heavy (non-hydrogen) atoms. The quantitative estimate of drug-likeness (QED) is 0.140. The first kappa shape index (κ1) is 27.6. The summed E-state index contributed by atoms with van der Waals surface area (Å²) >= 11 is 5.14. The molecule has 1 heterocycles. The fraction of sp³-hybridized carbons (Fsp3) is 0.241. The molecule has 9 heteroatoms. The summed E-state index contributed by atoms with van der Waals surface area (Å²) in [7, 11) is 3.33. The number of nitrogens with one attached hydrogen (secondary N) is 2. The molecule has 7 nitrogen and oxygen atoms in total. The van der Waals surface area contributed by atoms with Crippen LogP contribution in [0.1, 0.15) is 13.3 Å². The van der Waals surface area contributed by atoms with Gasteiger partial charge in [-0.15, -0.1) is 0 Å². The number of rotatable bonds is 11. The van der Waals surface area contributed by atoms with Crippen molar-refractivity contribution in [2.24, 2.45) is 0 Å². The summed E-state index contributed by atoms with van der Waals surface area (Å²) in [5.74, 6) is 2.43. The molecule has 4 rings (SSSR count). The van der Waals surface area contributed by atoms with Crippen LogP contribution in [0.5, 0.6) is 11.5 Å². The third-order valence-electron chi connectivity index (χ3n) is 5.94. The first-order chi connectivity index (χ1) is 18.5. The van der Waals surface area contributed by atoms with Gasteiger partial charge in [-0.1, -0.05) is 23.9 Å². The standard InChI is InChI=1S/C29H31BrN4O3S/c1-4-34-27(21-12-16-23(37-3)17-13-21)26(20-10-14-22(36-2)15-11-20)33-29(34)38-19-7-18-31-28(35)32-25-9-6-5-8-24(25)30/h5-6,8-17H,4,7,18-19H2,1-3H3,(H2,31,32,35). The van der Waals surface area contributed by atoms with E-state index in [0.29, 0.717) is 6.54 Å². The topological polar surface area (TPSA) is 77.4 Å². The Kier molecular flexibility index (Phi) is 9.73. The van der Waals surface area contributed by atoms with Crippen LogP contribution >= 0.6 is 27.7 Å². The van der Waals surface area contributed by atoms with Gasteiger partial charge in [0.25, 0.3) is 0 Å². The Balaban J connectivity index is 1.48. The number of carbonyl (C=O) groups excluding carboxylic acids is 1. The lowest BCUT2D eigenvalue weighted by Gasteiger charge is -2.12. The number of hydrogen-bond acceptors (Lipinski definition) is 5. The number of carbonyl (C=O) groups is 1. The minimum absolute atomic E-state index is 0.222.